The first kappa shape index (κ1) is 15.0. The summed E-state index contributed by atoms with van der Waals surface area (Å²) in [6.45, 7) is 3.51. The van der Waals surface area contributed by atoms with Gasteiger partial charge in [0.1, 0.15) is 5.82 Å². The molecule has 0 fully saturated rings. The number of H-pyrrole nitrogens is 1. The van der Waals surface area contributed by atoms with E-state index >= 15 is 0 Å². The molecule has 0 bridgehead atoms. The Hall–Kier alpha value is -2.35. The molecule has 0 aliphatic rings. The summed E-state index contributed by atoms with van der Waals surface area (Å²) in [7, 11) is -3.89. The van der Waals surface area contributed by atoms with E-state index in [9.17, 15) is 13.2 Å². The van der Waals surface area contributed by atoms with E-state index in [4.69, 9.17) is 5.11 Å². The highest BCUT2D eigenvalue weighted by atomic mass is 32.2. The summed E-state index contributed by atoms with van der Waals surface area (Å²) < 4.78 is 27.3. The summed E-state index contributed by atoms with van der Waals surface area (Å²) in [5.41, 5.74) is 1.12. The fourth-order valence-electron chi connectivity index (χ4n) is 1.87. The molecule has 0 unspecified atom stereocenters. The van der Waals surface area contributed by atoms with Gasteiger partial charge < -0.3 is 5.11 Å². The van der Waals surface area contributed by atoms with Gasteiger partial charge in [0, 0.05) is 5.56 Å². The van der Waals surface area contributed by atoms with Crippen LogP contribution in [0, 0.1) is 6.92 Å². The lowest BCUT2D eigenvalue weighted by atomic mass is 10.1. The molecule has 112 valence electrons. The van der Waals surface area contributed by atoms with Crippen molar-refractivity contribution < 1.29 is 18.3 Å². The van der Waals surface area contributed by atoms with Crippen LogP contribution in [0.2, 0.25) is 0 Å². The van der Waals surface area contributed by atoms with Crippen LogP contribution in [-0.4, -0.2) is 29.7 Å². The lowest BCUT2D eigenvalue weighted by Crippen LogP contribution is -2.16. The molecule has 7 nitrogen and oxygen atoms in total. The maximum absolute atomic E-state index is 12.5. The number of hydrogen-bond donors (Lipinski definition) is 3. The minimum Gasteiger partial charge on any atom is -0.478 e. The second-order valence-corrected chi connectivity index (χ2v) is 6.17. The van der Waals surface area contributed by atoms with Crippen LogP contribution in [0.15, 0.2) is 29.3 Å². The zero-order chi connectivity index (χ0) is 15.6. The molecule has 2 rings (SSSR count). The largest absolute Gasteiger partial charge is 0.478 e. The standard InChI is InChI=1S/C13H15N3O4S/c1-3-9-4-5-10(13(17)18)6-11(9)21(19,20)16-12-8(2)7-14-15-12/h4-7H,3H2,1-2H3,(H,17,18)(H2,14,15,16). The van der Waals surface area contributed by atoms with Crippen molar-refractivity contribution in [2.75, 3.05) is 4.72 Å². The molecule has 0 saturated carbocycles. The Bertz CT molecular complexity index is 780. The van der Waals surface area contributed by atoms with E-state index in [1.807, 2.05) is 0 Å². The van der Waals surface area contributed by atoms with Gasteiger partial charge in [-0.25, -0.2) is 13.2 Å². The number of carboxylic acid groups (broad SMARTS) is 1. The molecule has 0 amide bonds. The summed E-state index contributed by atoms with van der Waals surface area (Å²) >= 11 is 0. The normalized spacial score (nSPS) is 11.3. The van der Waals surface area contributed by atoms with E-state index in [1.165, 1.54) is 18.3 Å². The smallest absolute Gasteiger partial charge is 0.335 e. The van der Waals surface area contributed by atoms with Crippen LogP contribution < -0.4 is 4.72 Å². The van der Waals surface area contributed by atoms with Crippen molar-refractivity contribution >= 4 is 21.8 Å². The zero-order valence-corrected chi connectivity index (χ0v) is 12.4. The fraction of sp³-hybridized carbons (Fsp3) is 0.231. The number of aromatic amines is 1. The van der Waals surface area contributed by atoms with Crippen molar-refractivity contribution in [2.24, 2.45) is 0 Å². The first-order valence-electron chi connectivity index (χ1n) is 6.24. The predicted octanol–water partition coefficient (Wildman–Crippen LogP) is 1.78. The molecule has 3 N–H and O–H groups in total. The Balaban J connectivity index is 2.50. The van der Waals surface area contributed by atoms with Gasteiger partial charge >= 0.3 is 5.97 Å². The fourth-order valence-corrected chi connectivity index (χ4v) is 3.29. The third-order valence-electron chi connectivity index (χ3n) is 3.05. The van der Waals surface area contributed by atoms with Crippen LogP contribution >= 0.6 is 0 Å². The Kier molecular flexibility index (Phi) is 3.99. The molecule has 0 saturated heterocycles. The highest BCUT2D eigenvalue weighted by Crippen LogP contribution is 2.22. The molecule has 0 aliphatic carbocycles. The molecule has 0 atom stereocenters. The highest BCUT2D eigenvalue weighted by Gasteiger charge is 2.21. The van der Waals surface area contributed by atoms with E-state index in [1.54, 1.807) is 13.8 Å². The Morgan fingerprint density at radius 1 is 1.43 bits per heavy atom. The maximum Gasteiger partial charge on any atom is 0.335 e. The van der Waals surface area contributed by atoms with Crippen LogP contribution in [0.1, 0.15) is 28.4 Å². The third-order valence-corrected chi connectivity index (χ3v) is 4.48. The number of hydrogen-bond acceptors (Lipinski definition) is 4. The summed E-state index contributed by atoms with van der Waals surface area (Å²) in [6.07, 6.45) is 1.96. The van der Waals surface area contributed by atoms with Crippen molar-refractivity contribution in [1.29, 1.82) is 0 Å². The first-order valence-corrected chi connectivity index (χ1v) is 7.72. The molecule has 8 heteroatoms. The number of aromatic carboxylic acids is 1. The number of rotatable bonds is 5. The molecule has 1 heterocycles. The zero-order valence-electron chi connectivity index (χ0n) is 11.5. The minimum atomic E-state index is -3.89. The van der Waals surface area contributed by atoms with Crippen LogP contribution in [0.3, 0.4) is 0 Å². The SMILES string of the molecule is CCc1ccc(C(=O)O)cc1S(=O)(=O)Nc1[nH]ncc1C. The van der Waals surface area contributed by atoms with E-state index in [2.05, 4.69) is 14.9 Å². The summed E-state index contributed by atoms with van der Waals surface area (Å²) in [5.74, 6) is -0.912. The molecular weight excluding hydrogens is 294 g/mol. The van der Waals surface area contributed by atoms with Crippen molar-refractivity contribution in [2.45, 2.75) is 25.2 Å². The van der Waals surface area contributed by atoms with Gasteiger partial charge in [0.05, 0.1) is 16.7 Å². The average Bonchev–Trinajstić information content (AvgIpc) is 2.82. The predicted molar refractivity (Wildman–Crippen MR) is 76.9 cm³/mol. The van der Waals surface area contributed by atoms with Gasteiger partial charge in [-0.15, -0.1) is 0 Å². The lowest BCUT2D eigenvalue weighted by Gasteiger charge is -2.11. The molecular formula is C13H15N3O4S. The van der Waals surface area contributed by atoms with Crippen molar-refractivity contribution in [1.82, 2.24) is 10.2 Å². The van der Waals surface area contributed by atoms with Crippen molar-refractivity contribution in [3.8, 4) is 0 Å². The molecule has 0 aliphatic heterocycles. The van der Waals surface area contributed by atoms with Gasteiger partial charge in [0.2, 0.25) is 0 Å². The second-order valence-electron chi connectivity index (χ2n) is 4.51. The van der Waals surface area contributed by atoms with Gasteiger partial charge in [-0.2, -0.15) is 5.10 Å². The van der Waals surface area contributed by atoms with Gasteiger partial charge in [-0.1, -0.05) is 13.0 Å². The number of aryl methyl sites for hydroxylation is 2. The van der Waals surface area contributed by atoms with E-state index < -0.39 is 16.0 Å². The van der Waals surface area contributed by atoms with Crippen molar-refractivity contribution in [3.63, 3.8) is 0 Å². The molecule has 1 aromatic carbocycles. The summed E-state index contributed by atoms with van der Waals surface area (Å²) in [5, 5.41) is 15.3. The van der Waals surface area contributed by atoms with Gasteiger partial charge in [0.15, 0.2) is 0 Å². The van der Waals surface area contributed by atoms with Crippen LogP contribution in [0.5, 0.6) is 0 Å². The minimum absolute atomic E-state index is 0.0427. The van der Waals surface area contributed by atoms with E-state index in [0.717, 1.165) is 6.07 Å². The molecule has 0 radical (unpaired) electrons. The molecule has 1 aromatic heterocycles. The monoisotopic (exact) mass is 309 g/mol. The van der Waals surface area contributed by atoms with Gasteiger partial charge in [0.25, 0.3) is 10.0 Å². The summed E-state index contributed by atoms with van der Waals surface area (Å²) in [6, 6.07) is 4.06. The van der Waals surface area contributed by atoms with E-state index in [-0.39, 0.29) is 16.3 Å². The Morgan fingerprint density at radius 3 is 2.67 bits per heavy atom. The Morgan fingerprint density at radius 2 is 2.14 bits per heavy atom. The quantitative estimate of drug-likeness (QED) is 0.779. The summed E-state index contributed by atoms with van der Waals surface area (Å²) in [4.78, 5) is 11.0. The number of sulfonamides is 1. The third kappa shape index (κ3) is 3.05. The number of carboxylic acids is 1. The Labute approximate surface area is 122 Å². The van der Waals surface area contributed by atoms with Crippen LogP contribution in [-0.2, 0) is 16.4 Å². The van der Waals surface area contributed by atoms with Gasteiger partial charge in [-0.05, 0) is 31.0 Å². The number of benzene rings is 1. The highest BCUT2D eigenvalue weighted by molar-refractivity contribution is 7.92. The molecule has 2 aromatic rings. The number of carbonyl (C=O) groups is 1. The second kappa shape index (κ2) is 5.57. The van der Waals surface area contributed by atoms with Crippen LogP contribution in [0.4, 0.5) is 5.82 Å². The van der Waals surface area contributed by atoms with E-state index in [0.29, 0.717) is 17.5 Å². The average molecular weight is 309 g/mol. The number of aromatic nitrogens is 2. The lowest BCUT2D eigenvalue weighted by molar-refractivity contribution is 0.0696. The number of nitrogens with one attached hydrogen (secondary N) is 2. The number of anilines is 1. The topological polar surface area (TPSA) is 112 Å². The number of nitrogens with zero attached hydrogens (tertiary/aromatic N) is 1. The molecule has 0 spiro atoms. The van der Waals surface area contributed by atoms with Crippen molar-refractivity contribution in [3.05, 3.63) is 41.1 Å². The maximum atomic E-state index is 12.5. The molecule has 21 heavy (non-hydrogen) atoms. The van der Waals surface area contributed by atoms with Gasteiger partial charge in [-0.3, -0.25) is 9.82 Å². The van der Waals surface area contributed by atoms with Crippen LogP contribution in [0.25, 0.3) is 0 Å². The first-order chi connectivity index (χ1) is 9.85.